The lowest BCUT2D eigenvalue weighted by Gasteiger charge is -2.13. The van der Waals surface area contributed by atoms with Gasteiger partial charge in [-0.05, 0) is 19.1 Å². The smallest absolute Gasteiger partial charge is 0.114 e. The summed E-state index contributed by atoms with van der Waals surface area (Å²) in [4.78, 5) is 4.10. The molecule has 0 aliphatic heterocycles. The molecule has 2 unspecified atom stereocenters. The Morgan fingerprint density at radius 3 is 2.86 bits per heavy atom. The molecule has 1 rings (SSSR count). The van der Waals surface area contributed by atoms with Crippen molar-refractivity contribution >= 4 is 11.8 Å². The Morgan fingerprint density at radius 2 is 2.29 bits per heavy atom. The van der Waals surface area contributed by atoms with E-state index < -0.39 is 6.10 Å². The van der Waals surface area contributed by atoms with Gasteiger partial charge in [-0.3, -0.25) is 0 Å². The normalized spacial score (nSPS) is 14.4. The first kappa shape index (κ1) is 11.0. The topological polar surface area (TPSA) is 56.9 Å². The first-order valence-corrected chi connectivity index (χ1v) is 5.23. The number of thioether (sulfide) groups is 1. The lowest BCUT2D eigenvalue weighted by molar-refractivity contribution is 0.196. The second-order valence-corrected chi connectivity index (χ2v) is 4.40. The predicted octanol–water partition coefficient (Wildman–Crippen LogP) is 1.81. The van der Waals surface area contributed by atoms with Gasteiger partial charge in [0.25, 0.3) is 0 Å². The van der Waals surface area contributed by atoms with Gasteiger partial charge in [0.2, 0.25) is 0 Å². The third-order valence-corrected chi connectivity index (χ3v) is 3.18. The highest BCUT2D eigenvalue weighted by Crippen LogP contribution is 2.25. The van der Waals surface area contributed by atoms with Gasteiger partial charge in [0.1, 0.15) is 11.1 Å². The van der Waals surface area contributed by atoms with E-state index in [1.165, 1.54) is 11.8 Å². The SMILES string of the molecule is CC(O)C(C)Sc1ncccc1C#N. The second-order valence-electron chi connectivity index (χ2n) is 3.03. The molecule has 4 heteroatoms. The van der Waals surface area contributed by atoms with E-state index in [1.807, 2.05) is 6.92 Å². The van der Waals surface area contributed by atoms with Crippen molar-refractivity contribution in [2.75, 3.05) is 0 Å². The zero-order chi connectivity index (χ0) is 10.6. The van der Waals surface area contributed by atoms with Crippen molar-refractivity contribution in [3.8, 4) is 6.07 Å². The third-order valence-electron chi connectivity index (χ3n) is 1.87. The van der Waals surface area contributed by atoms with Gasteiger partial charge in [0.15, 0.2) is 0 Å². The molecule has 0 spiro atoms. The summed E-state index contributed by atoms with van der Waals surface area (Å²) in [7, 11) is 0. The van der Waals surface area contributed by atoms with Crippen LogP contribution in [0, 0.1) is 11.3 Å². The quantitative estimate of drug-likeness (QED) is 0.770. The number of rotatable bonds is 3. The molecule has 0 radical (unpaired) electrons. The Bertz CT molecular complexity index is 346. The number of aromatic nitrogens is 1. The van der Waals surface area contributed by atoms with Crippen LogP contribution >= 0.6 is 11.8 Å². The largest absolute Gasteiger partial charge is 0.392 e. The molecule has 3 nitrogen and oxygen atoms in total. The first-order valence-electron chi connectivity index (χ1n) is 4.35. The molecule has 0 bridgehead atoms. The van der Waals surface area contributed by atoms with Crippen LogP contribution < -0.4 is 0 Å². The van der Waals surface area contributed by atoms with Gasteiger partial charge in [-0.1, -0.05) is 18.7 Å². The van der Waals surface area contributed by atoms with Crippen molar-refractivity contribution in [3.05, 3.63) is 23.9 Å². The maximum Gasteiger partial charge on any atom is 0.114 e. The maximum atomic E-state index is 9.31. The molecule has 1 aromatic heterocycles. The molecule has 0 fully saturated rings. The van der Waals surface area contributed by atoms with Crippen LogP contribution in [0.4, 0.5) is 0 Å². The van der Waals surface area contributed by atoms with Gasteiger partial charge in [0, 0.05) is 11.4 Å². The fraction of sp³-hybridized carbons (Fsp3) is 0.400. The highest BCUT2D eigenvalue weighted by atomic mass is 32.2. The fourth-order valence-electron chi connectivity index (χ4n) is 0.844. The summed E-state index contributed by atoms with van der Waals surface area (Å²) >= 11 is 1.42. The Kier molecular flexibility index (Phi) is 3.93. The molecule has 14 heavy (non-hydrogen) atoms. The van der Waals surface area contributed by atoms with E-state index in [9.17, 15) is 5.11 Å². The molecule has 0 saturated carbocycles. The van der Waals surface area contributed by atoms with Gasteiger partial charge in [-0.2, -0.15) is 5.26 Å². The van der Waals surface area contributed by atoms with E-state index in [0.29, 0.717) is 10.6 Å². The summed E-state index contributed by atoms with van der Waals surface area (Å²) in [5, 5.41) is 18.8. The van der Waals surface area contributed by atoms with E-state index >= 15 is 0 Å². The molecule has 0 amide bonds. The number of nitrogens with zero attached hydrogens (tertiary/aromatic N) is 2. The highest BCUT2D eigenvalue weighted by Gasteiger charge is 2.13. The highest BCUT2D eigenvalue weighted by molar-refractivity contribution is 7.99. The van der Waals surface area contributed by atoms with Crippen LogP contribution in [-0.2, 0) is 0 Å². The van der Waals surface area contributed by atoms with Gasteiger partial charge < -0.3 is 5.11 Å². The van der Waals surface area contributed by atoms with E-state index in [1.54, 1.807) is 25.3 Å². The number of hydrogen-bond donors (Lipinski definition) is 1. The Hall–Kier alpha value is -1.05. The van der Waals surface area contributed by atoms with Gasteiger partial charge in [0.05, 0.1) is 11.7 Å². The lowest BCUT2D eigenvalue weighted by Crippen LogP contribution is -2.15. The minimum absolute atomic E-state index is 0.0389. The number of aliphatic hydroxyl groups is 1. The van der Waals surface area contributed by atoms with E-state index in [2.05, 4.69) is 11.1 Å². The summed E-state index contributed by atoms with van der Waals surface area (Å²) in [5.74, 6) is 0. The molecule has 74 valence electrons. The average molecular weight is 208 g/mol. The summed E-state index contributed by atoms with van der Waals surface area (Å²) in [6, 6.07) is 5.53. The number of aliphatic hydroxyl groups excluding tert-OH is 1. The Labute approximate surface area is 87.8 Å². The molecule has 2 atom stereocenters. The molecule has 1 aromatic rings. The molecule has 0 aliphatic rings. The van der Waals surface area contributed by atoms with Crippen molar-refractivity contribution in [1.29, 1.82) is 5.26 Å². The standard InChI is InChI=1S/C10H12N2OS/c1-7(13)8(2)14-10-9(6-11)4-3-5-12-10/h3-5,7-8,13H,1-2H3. The van der Waals surface area contributed by atoms with Gasteiger partial charge in [-0.25, -0.2) is 4.98 Å². The van der Waals surface area contributed by atoms with E-state index in [0.717, 1.165) is 0 Å². The summed E-state index contributed by atoms with van der Waals surface area (Å²) in [6.07, 6.45) is 1.24. The molecular formula is C10H12N2OS. The molecule has 1 heterocycles. The third kappa shape index (κ3) is 2.72. The van der Waals surface area contributed by atoms with E-state index in [4.69, 9.17) is 5.26 Å². The van der Waals surface area contributed by atoms with Crippen molar-refractivity contribution in [1.82, 2.24) is 4.98 Å². The molecule has 0 aliphatic carbocycles. The van der Waals surface area contributed by atoms with Gasteiger partial charge in [-0.15, -0.1) is 0 Å². The number of hydrogen-bond acceptors (Lipinski definition) is 4. The number of pyridine rings is 1. The molecule has 0 aromatic carbocycles. The zero-order valence-electron chi connectivity index (χ0n) is 8.14. The molecule has 1 N–H and O–H groups in total. The maximum absolute atomic E-state index is 9.31. The number of nitriles is 1. The van der Waals surface area contributed by atoms with Crippen LogP contribution in [0.15, 0.2) is 23.4 Å². The first-order chi connectivity index (χ1) is 6.65. The minimum atomic E-state index is -0.409. The van der Waals surface area contributed by atoms with Crippen LogP contribution in [0.1, 0.15) is 19.4 Å². The van der Waals surface area contributed by atoms with Crippen LogP contribution in [-0.4, -0.2) is 21.4 Å². The zero-order valence-corrected chi connectivity index (χ0v) is 8.95. The van der Waals surface area contributed by atoms with E-state index in [-0.39, 0.29) is 5.25 Å². The predicted molar refractivity (Wildman–Crippen MR) is 56.0 cm³/mol. The van der Waals surface area contributed by atoms with Crippen LogP contribution in [0.5, 0.6) is 0 Å². The average Bonchev–Trinajstić information content (AvgIpc) is 2.18. The Balaban J connectivity index is 2.82. The summed E-state index contributed by atoms with van der Waals surface area (Å²) < 4.78 is 0. The lowest BCUT2D eigenvalue weighted by atomic mass is 10.3. The molecule has 0 saturated heterocycles. The second kappa shape index (κ2) is 4.99. The van der Waals surface area contributed by atoms with Crippen molar-refractivity contribution < 1.29 is 5.11 Å². The van der Waals surface area contributed by atoms with Crippen molar-refractivity contribution in [2.45, 2.75) is 30.2 Å². The molecular weight excluding hydrogens is 196 g/mol. The Morgan fingerprint density at radius 1 is 1.57 bits per heavy atom. The van der Waals surface area contributed by atoms with Crippen LogP contribution in [0.25, 0.3) is 0 Å². The van der Waals surface area contributed by atoms with Crippen molar-refractivity contribution in [3.63, 3.8) is 0 Å². The van der Waals surface area contributed by atoms with Crippen LogP contribution in [0.3, 0.4) is 0 Å². The van der Waals surface area contributed by atoms with Crippen LogP contribution in [0.2, 0.25) is 0 Å². The van der Waals surface area contributed by atoms with Crippen molar-refractivity contribution in [2.24, 2.45) is 0 Å². The summed E-state index contributed by atoms with van der Waals surface area (Å²) in [6.45, 7) is 3.64. The monoisotopic (exact) mass is 208 g/mol. The minimum Gasteiger partial charge on any atom is -0.392 e. The van der Waals surface area contributed by atoms with Gasteiger partial charge >= 0.3 is 0 Å². The fourth-order valence-corrected chi connectivity index (χ4v) is 1.76. The summed E-state index contributed by atoms with van der Waals surface area (Å²) in [5.41, 5.74) is 0.560.